The van der Waals surface area contributed by atoms with Crippen LogP contribution in [-0.4, -0.2) is 47.7 Å². The van der Waals surface area contributed by atoms with E-state index in [-0.39, 0.29) is 10.5 Å². The number of aromatic nitrogens is 2. The summed E-state index contributed by atoms with van der Waals surface area (Å²) >= 11 is 0. The first-order chi connectivity index (χ1) is 12.4. The third-order valence-electron chi connectivity index (χ3n) is 4.51. The van der Waals surface area contributed by atoms with Crippen LogP contribution in [0.2, 0.25) is 0 Å². The quantitative estimate of drug-likeness (QED) is 0.735. The highest BCUT2D eigenvalue weighted by atomic mass is 32.2. The molecular formula is C18H25N3O5S. The van der Waals surface area contributed by atoms with E-state index >= 15 is 0 Å². The summed E-state index contributed by atoms with van der Waals surface area (Å²) in [4.78, 5) is 23.4. The number of hydrogen-bond donors (Lipinski definition) is 2. The van der Waals surface area contributed by atoms with Gasteiger partial charge in [-0.1, -0.05) is 26.0 Å². The fourth-order valence-electron chi connectivity index (χ4n) is 3.07. The number of benzene rings is 1. The van der Waals surface area contributed by atoms with Crippen LogP contribution in [0.4, 0.5) is 0 Å². The molecule has 8 nitrogen and oxygen atoms in total. The molecule has 148 valence electrons. The van der Waals surface area contributed by atoms with Crippen molar-refractivity contribution < 1.29 is 18.3 Å². The lowest BCUT2D eigenvalue weighted by Gasteiger charge is -2.24. The van der Waals surface area contributed by atoms with Crippen LogP contribution in [0.25, 0.3) is 0 Å². The number of sulfonamides is 1. The number of nitrogens with one attached hydrogen (secondary N) is 1. The zero-order chi connectivity index (χ0) is 20.6. The monoisotopic (exact) mass is 395 g/mol. The fraction of sp³-hybridized carbons (Fsp3) is 0.444. The Morgan fingerprint density at radius 2 is 1.78 bits per heavy atom. The van der Waals surface area contributed by atoms with Gasteiger partial charge in [0.2, 0.25) is 10.0 Å². The summed E-state index contributed by atoms with van der Waals surface area (Å²) in [5, 5.41) is 11.8. The Morgan fingerprint density at radius 3 is 2.26 bits per heavy atom. The Labute approximate surface area is 158 Å². The Balaban J connectivity index is 2.32. The number of hydrogen-bond acceptors (Lipinski definition) is 4. The molecule has 0 atom stereocenters. The van der Waals surface area contributed by atoms with Crippen LogP contribution in [-0.2, 0) is 33.2 Å². The van der Waals surface area contributed by atoms with Crippen LogP contribution in [0, 0.1) is 6.92 Å². The lowest BCUT2D eigenvalue weighted by Crippen LogP contribution is -2.24. The molecule has 0 unspecified atom stereocenters. The first-order valence-electron chi connectivity index (χ1n) is 8.39. The van der Waals surface area contributed by atoms with Gasteiger partial charge < -0.3 is 5.11 Å². The molecule has 1 aromatic carbocycles. The summed E-state index contributed by atoms with van der Waals surface area (Å²) in [5.41, 5.74) is 1.22. The largest absolute Gasteiger partial charge is 0.480 e. The average molecular weight is 395 g/mol. The van der Waals surface area contributed by atoms with Crippen molar-refractivity contribution in [2.24, 2.45) is 0 Å². The highest BCUT2D eigenvalue weighted by molar-refractivity contribution is 7.89. The molecular weight excluding hydrogens is 370 g/mol. The number of nitrogens with zero attached hydrogens (tertiary/aromatic N) is 2. The lowest BCUT2D eigenvalue weighted by molar-refractivity contribution is -0.137. The molecule has 0 saturated carbocycles. The topological polar surface area (TPSA) is 112 Å². The van der Waals surface area contributed by atoms with Gasteiger partial charge in [0, 0.05) is 30.8 Å². The van der Waals surface area contributed by atoms with E-state index in [4.69, 9.17) is 5.11 Å². The third-order valence-corrected chi connectivity index (χ3v) is 6.34. The highest BCUT2D eigenvalue weighted by Gasteiger charge is 2.28. The predicted octanol–water partition coefficient (Wildman–Crippen LogP) is 1.34. The summed E-state index contributed by atoms with van der Waals surface area (Å²) in [6, 6.07) is 6.62. The van der Waals surface area contributed by atoms with Crippen molar-refractivity contribution in [1.82, 2.24) is 14.1 Å². The van der Waals surface area contributed by atoms with E-state index in [1.165, 1.54) is 14.1 Å². The molecule has 0 aliphatic carbocycles. The molecule has 1 aromatic heterocycles. The molecule has 0 saturated heterocycles. The molecule has 2 N–H and O–H groups in total. The zero-order valence-corrected chi connectivity index (χ0v) is 16.9. The molecule has 9 heteroatoms. The van der Waals surface area contributed by atoms with Gasteiger partial charge in [-0.15, -0.1) is 0 Å². The number of rotatable bonds is 7. The highest BCUT2D eigenvalue weighted by Crippen LogP contribution is 2.28. The van der Waals surface area contributed by atoms with Gasteiger partial charge in [-0.3, -0.25) is 14.7 Å². The molecule has 0 aliphatic rings. The van der Waals surface area contributed by atoms with E-state index in [9.17, 15) is 18.0 Å². The van der Waals surface area contributed by atoms with Crippen molar-refractivity contribution in [2.75, 3.05) is 14.1 Å². The Kier molecular flexibility index (Phi) is 5.67. The second kappa shape index (κ2) is 7.32. The lowest BCUT2D eigenvalue weighted by atomic mass is 9.81. The zero-order valence-electron chi connectivity index (χ0n) is 16.1. The van der Waals surface area contributed by atoms with E-state index in [1.54, 1.807) is 31.2 Å². The summed E-state index contributed by atoms with van der Waals surface area (Å²) in [6.07, 6.45) is 0.545. The number of aliphatic carboxylic acids is 1. The van der Waals surface area contributed by atoms with Crippen molar-refractivity contribution in [3.63, 3.8) is 0 Å². The molecule has 0 aliphatic heterocycles. The number of carboxylic acid groups (broad SMARTS) is 1. The van der Waals surface area contributed by atoms with Crippen LogP contribution >= 0.6 is 0 Å². The van der Waals surface area contributed by atoms with Crippen LogP contribution < -0.4 is 5.56 Å². The summed E-state index contributed by atoms with van der Waals surface area (Å²) < 4.78 is 26.6. The van der Waals surface area contributed by atoms with E-state index < -0.39 is 28.0 Å². The molecule has 27 heavy (non-hydrogen) atoms. The van der Waals surface area contributed by atoms with Gasteiger partial charge in [-0.25, -0.2) is 17.4 Å². The second-order valence-corrected chi connectivity index (χ2v) is 9.54. The van der Waals surface area contributed by atoms with Gasteiger partial charge in [0.1, 0.15) is 6.54 Å². The minimum absolute atomic E-state index is 0.214. The molecule has 1 heterocycles. The van der Waals surface area contributed by atoms with E-state index in [0.717, 1.165) is 14.6 Å². The summed E-state index contributed by atoms with van der Waals surface area (Å²) in [7, 11) is -0.524. The van der Waals surface area contributed by atoms with Crippen molar-refractivity contribution in [2.45, 2.75) is 44.0 Å². The molecule has 2 rings (SSSR count). The molecule has 0 amide bonds. The maximum Gasteiger partial charge on any atom is 0.325 e. The molecule has 0 radical (unpaired) electrons. The number of aromatic amines is 1. The first kappa shape index (κ1) is 20.9. The van der Waals surface area contributed by atoms with Crippen molar-refractivity contribution in [3.8, 4) is 0 Å². The van der Waals surface area contributed by atoms with Crippen LogP contribution in [0.15, 0.2) is 34.0 Å². The van der Waals surface area contributed by atoms with E-state index in [2.05, 4.69) is 5.10 Å². The number of carboxylic acids is 1. The fourth-order valence-corrected chi connectivity index (χ4v) is 3.97. The Bertz CT molecular complexity index is 999. The van der Waals surface area contributed by atoms with Gasteiger partial charge in [0.25, 0.3) is 5.56 Å². The Hall–Kier alpha value is -2.39. The maximum atomic E-state index is 12.2. The van der Waals surface area contributed by atoms with Gasteiger partial charge in [-0.2, -0.15) is 0 Å². The first-order valence-corrected chi connectivity index (χ1v) is 9.83. The normalized spacial score (nSPS) is 12.5. The van der Waals surface area contributed by atoms with Crippen LogP contribution in [0.3, 0.4) is 0 Å². The van der Waals surface area contributed by atoms with E-state index in [0.29, 0.717) is 17.7 Å². The second-order valence-electron chi connectivity index (χ2n) is 7.39. The maximum absolute atomic E-state index is 12.2. The van der Waals surface area contributed by atoms with Crippen LogP contribution in [0.1, 0.15) is 30.7 Å². The SMILES string of the molecule is Cc1c(C(C)(C)Cc2ccc(S(=O)(=O)N(C)C)cc2)[nH]n(CC(=O)O)c1=O. The molecule has 0 spiro atoms. The van der Waals surface area contributed by atoms with Gasteiger partial charge in [0.05, 0.1) is 4.90 Å². The minimum atomic E-state index is -3.48. The molecule has 2 aromatic rings. The Morgan fingerprint density at radius 1 is 1.22 bits per heavy atom. The van der Waals surface area contributed by atoms with Gasteiger partial charge >= 0.3 is 5.97 Å². The summed E-state index contributed by atoms with van der Waals surface area (Å²) in [6.45, 7) is 5.13. The van der Waals surface area contributed by atoms with Crippen molar-refractivity contribution >= 4 is 16.0 Å². The van der Waals surface area contributed by atoms with Crippen LogP contribution in [0.5, 0.6) is 0 Å². The average Bonchev–Trinajstić information content (AvgIpc) is 2.83. The third kappa shape index (κ3) is 4.30. The number of H-pyrrole nitrogens is 1. The summed E-state index contributed by atoms with van der Waals surface area (Å²) in [5.74, 6) is -1.10. The molecule has 0 fully saturated rings. The van der Waals surface area contributed by atoms with Gasteiger partial charge in [-0.05, 0) is 31.0 Å². The minimum Gasteiger partial charge on any atom is -0.480 e. The van der Waals surface area contributed by atoms with Crippen molar-refractivity contribution in [3.05, 3.63) is 51.4 Å². The van der Waals surface area contributed by atoms with E-state index in [1.807, 2.05) is 13.8 Å². The predicted molar refractivity (Wildman–Crippen MR) is 101 cm³/mol. The number of carbonyl (C=O) groups is 1. The molecule has 0 bridgehead atoms. The van der Waals surface area contributed by atoms with Gasteiger partial charge in [0.15, 0.2) is 0 Å². The van der Waals surface area contributed by atoms with Crippen molar-refractivity contribution in [1.29, 1.82) is 0 Å². The standard InChI is InChI=1S/C18H25N3O5S/c1-12-16(19-21(17(12)24)11-15(22)23)18(2,3)10-13-6-8-14(9-7-13)27(25,26)20(4)5/h6-9,19H,10-11H2,1-5H3,(H,22,23). The smallest absolute Gasteiger partial charge is 0.325 e.